The van der Waals surface area contributed by atoms with Crippen LogP contribution in [-0.2, 0) is 6.42 Å². The molecule has 5 nitrogen and oxygen atoms in total. The molecule has 2 aromatic carbocycles. The number of para-hydroxylation sites is 1. The van der Waals surface area contributed by atoms with Crippen molar-refractivity contribution >= 4 is 22.6 Å². The molecule has 4 aromatic rings. The third-order valence-corrected chi connectivity index (χ3v) is 5.11. The summed E-state index contributed by atoms with van der Waals surface area (Å²) >= 11 is 0. The van der Waals surface area contributed by atoms with E-state index in [1.165, 1.54) is 5.56 Å². The largest absolute Gasteiger partial charge is 0.322 e. The fourth-order valence-corrected chi connectivity index (χ4v) is 3.60. The molecule has 29 heavy (non-hydrogen) atoms. The molecule has 4 rings (SSSR count). The number of aryl methyl sites for hydroxylation is 4. The van der Waals surface area contributed by atoms with Gasteiger partial charge >= 0.3 is 0 Å². The van der Waals surface area contributed by atoms with E-state index in [0.29, 0.717) is 11.2 Å². The van der Waals surface area contributed by atoms with Crippen molar-refractivity contribution in [3.63, 3.8) is 0 Å². The second kappa shape index (κ2) is 7.51. The molecule has 0 saturated carbocycles. The molecule has 0 unspecified atom stereocenters. The van der Waals surface area contributed by atoms with E-state index in [2.05, 4.69) is 24.3 Å². The van der Waals surface area contributed by atoms with Crippen LogP contribution in [0.25, 0.3) is 16.7 Å². The quantitative estimate of drug-likeness (QED) is 0.529. The van der Waals surface area contributed by atoms with Crippen molar-refractivity contribution in [2.75, 3.05) is 5.32 Å². The first-order valence-corrected chi connectivity index (χ1v) is 9.81. The van der Waals surface area contributed by atoms with E-state index in [9.17, 15) is 4.79 Å². The zero-order valence-corrected chi connectivity index (χ0v) is 17.2. The van der Waals surface area contributed by atoms with Gasteiger partial charge in [-0.3, -0.25) is 4.79 Å². The van der Waals surface area contributed by atoms with E-state index in [-0.39, 0.29) is 5.91 Å². The summed E-state index contributed by atoms with van der Waals surface area (Å²) < 4.78 is 1.81. The molecule has 146 valence electrons. The van der Waals surface area contributed by atoms with Gasteiger partial charge in [0.15, 0.2) is 5.65 Å². The topological polar surface area (TPSA) is 59.8 Å². The Labute approximate surface area is 170 Å². The number of aromatic nitrogens is 3. The second-order valence-electron chi connectivity index (χ2n) is 7.31. The van der Waals surface area contributed by atoms with Gasteiger partial charge in [0.2, 0.25) is 0 Å². The molecule has 5 heteroatoms. The van der Waals surface area contributed by atoms with E-state index in [1.54, 1.807) is 0 Å². The molecular weight excluding hydrogens is 360 g/mol. The Balaban J connectivity index is 1.83. The van der Waals surface area contributed by atoms with Gasteiger partial charge in [0, 0.05) is 11.4 Å². The number of pyridine rings is 1. The number of benzene rings is 2. The molecule has 2 aromatic heterocycles. The molecule has 0 spiro atoms. The normalized spacial score (nSPS) is 11.0. The molecule has 0 aliphatic heterocycles. The summed E-state index contributed by atoms with van der Waals surface area (Å²) in [4.78, 5) is 17.9. The van der Waals surface area contributed by atoms with Crippen molar-refractivity contribution < 1.29 is 4.79 Å². The van der Waals surface area contributed by atoms with E-state index >= 15 is 0 Å². The fourth-order valence-electron chi connectivity index (χ4n) is 3.60. The molecular formula is C24H24N4O. The highest BCUT2D eigenvalue weighted by Gasteiger charge is 2.20. The average Bonchev–Trinajstić information content (AvgIpc) is 3.04. The number of nitrogens with zero attached hydrogens (tertiary/aromatic N) is 3. The van der Waals surface area contributed by atoms with Gasteiger partial charge in [-0.15, -0.1) is 0 Å². The van der Waals surface area contributed by atoms with Crippen LogP contribution in [0.2, 0.25) is 0 Å². The first kappa shape index (κ1) is 18.9. The van der Waals surface area contributed by atoms with E-state index < -0.39 is 0 Å². The molecule has 0 bridgehead atoms. The highest BCUT2D eigenvalue weighted by molar-refractivity contribution is 6.13. The highest BCUT2D eigenvalue weighted by atomic mass is 16.1. The maximum atomic E-state index is 13.2. The Hall–Kier alpha value is -3.47. The molecule has 0 fully saturated rings. The predicted octanol–water partition coefficient (Wildman–Crippen LogP) is 5.16. The van der Waals surface area contributed by atoms with Crippen LogP contribution in [0.3, 0.4) is 0 Å². The van der Waals surface area contributed by atoms with Gasteiger partial charge in [-0.05, 0) is 57.0 Å². The summed E-state index contributed by atoms with van der Waals surface area (Å²) in [6, 6.07) is 17.8. The van der Waals surface area contributed by atoms with Gasteiger partial charge in [-0.2, -0.15) is 5.10 Å². The van der Waals surface area contributed by atoms with Gasteiger partial charge < -0.3 is 5.32 Å². The third-order valence-electron chi connectivity index (χ3n) is 5.11. The lowest BCUT2D eigenvalue weighted by atomic mass is 10.1. The Morgan fingerprint density at radius 1 is 1.03 bits per heavy atom. The number of rotatable bonds is 4. The van der Waals surface area contributed by atoms with Crippen molar-refractivity contribution in [3.8, 4) is 5.69 Å². The third kappa shape index (κ3) is 3.51. The maximum absolute atomic E-state index is 13.2. The van der Waals surface area contributed by atoms with Crippen LogP contribution in [0, 0.1) is 20.8 Å². The lowest BCUT2D eigenvalue weighted by molar-refractivity contribution is 0.102. The second-order valence-corrected chi connectivity index (χ2v) is 7.31. The Bertz CT molecular complexity index is 1210. The zero-order valence-electron chi connectivity index (χ0n) is 17.2. The molecule has 1 N–H and O–H groups in total. The van der Waals surface area contributed by atoms with Crippen LogP contribution in [-0.4, -0.2) is 20.7 Å². The Morgan fingerprint density at radius 3 is 2.48 bits per heavy atom. The minimum Gasteiger partial charge on any atom is -0.322 e. The monoisotopic (exact) mass is 384 g/mol. The minimum atomic E-state index is -0.145. The highest BCUT2D eigenvalue weighted by Crippen LogP contribution is 2.26. The first-order chi connectivity index (χ1) is 14.0. The smallest absolute Gasteiger partial charge is 0.256 e. The molecule has 2 heterocycles. The average molecular weight is 384 g/mol. The molecule has 0 aliphatic carbocycles. The van der Waals surface area contributed by atoms with Crippen LogP contribution < -0.4 is 5.32 Å². The molecule has 0 radical (unpaired) electrons. The number of carbonyl (C=O) groups is 1. The van der Waals surface area contributed by atoms with Gasteiger partial charge in [-0.25, -0.2) is 9.67 Å². The number of hydrogen-bond acceptors (Lipinski definition) is 3. The number of fused-ring (bicyclic) bond motifs is 1. The van der Waals surface area contributed by atoms with Crippen molar-refractivity contribution in [1.82, 2.24) is 14.8 Å². The van der Waals surface area contributed by atoms with E-state index in [1.807, 2.05) is 73.1 Å². The van der Waals surface area contributed by atoms with Gasteiger partial charge in [0.1, 0.15) is 0 Å². The van der Waals surface area contributed by atoms with Gasteiger partial charge in [0.05, 0.1) is 22.3 Å². The number of carbonyl (C=O) groups excluding carboxylic acids is 1. The standard InChI is InChI=1S/C24H24N4O/c1-5-18-8-6-7-9-21(18)26-24(29)20-14-16(3)25-23-22(20)17(4)27-28(23)19-12-10-15(2)11-13-19/h6-14H,5H2,1-4H3,(H,26,29). The fraction of sp³-hybridized carbons (Fsp3) is 0.208. The Morgan fingerprint density at radius 2 is 1.76 bits per heavy atom. The number of anilines is 1. The SMILES string of the molecule is CCc1ccccc1NC(=O)c1cc(C)nc2c1c(C)nn2-c1ccc(C)cc1. The predicted molar refractivity (Wildman–Crippen MR) is 117 cm³/mol. The molecule has 0 aliphatic rings. The van der Waals surface area contributed by atoms with Crippen LogP contribution in [0.1, 0.15) is 39.8 Å². The van der Waals surface area contributed by atoms with Crippen molar-refractivity contribution in [2.45, 2.75) is 34.1 Å². The molecule has 0 atom stereocenters. The summed E-state index contributed by atoms with van der Waals surface area (Å²) in [5.74, 6) is -0.145. The summed E-state index contributed by atoms with van der Waals surface area (Å²) in [6.07, 6.45) is 0.853. The van der Waals surface area contributed by atoms with Gasteiger partial charge in [-0.1, -0.05) is 42.8 Å². The van der Waals surface area contributed by atoms with Crippen LogP contribution in [0.4, 0.5) is 5.69 Å². The first-order valence-electron chi connectivity index (χ1n) is 9.81. The van der Waals surface area contributed by atoms with E-state index in [4.69, 9.17) is 4.98 Å². The van der Waals surface area contributed by atoms with Crippen molar-refractivity contribution in [1.29, 1.82) is 0 Å². The lowest BCUT2D eigenvalue weighted by Crippen LogP contribution is -2.14. The number of nitrogens with one attached hydrogen (secondary N) is 1. The zero-order chi connectivity index (χ0) is 20.5. The Kier molecular flexibility index (Phi) is 4.89. The van der Waals surface area contributed by atoms with Crippen molar-refractivity contribution in [2.24, 2.45) is 0 Å². The summed E-state index contributed by atoms with van der Waals surface area (Å²) in [5.41, 5.74) is 6.90. The summed E-state index contributed by atoms with van der Waals surface area (Å²) in [7, 11) is 0. The van der Waals surface area contributed by atoms with Crippen LogP contribution >= 0.6 is 0 Å². The van der Waals surface area contributed by atoms with Crippen LogP contribution in [0.15, 0.2) is 54.6 Å². The lowest BCUT2D eigenvalue weighted by Gasteiger charge is -2.11. The van der Waals surface area contributed by atoms with Gasteiger partial charge in [0.25, 0.3) is 5.91 Å². The number of amides is 1. The van der Waals surface area contributed by atoms with E-state index in [0.717, 1.165) is 40.1 Å². The summed E-state index contributed by atoms with van der Waals surface area (Å²) in [6.45, 7) is 7.95. The maximum Gasteiger partial charge on any atom is 0.256 e. The van der Waals surface area contributed by atoms with Crippen molar-refractivity contribution in [3.05, 3.63) is 82.7 Å². The minimum absolute atomic E-state index is 0.145. The molecule has 0 saturated heterocycles. The number of hydrogen-bond donors (Lipinski definition) is 1. The summed E-state index contributed by atoms with van der Waals surface area (Å²) in [5, 5.41) is 8.55. The van der Waals surface area contributed by atoms with Crippen LogP contribution in [0.5, 0.6) is 0 Å². The molecule has 1 amide bonds.